The first-order valence-electron chi connectivity index (χ1n) is 6.59. The van der Waals surface area contributed by atoms with Crippen molar-refractivity contribution in [1.82, 2.24) is 4.72 Å². The van der Waals surface area contributed by atoms with Crippen LogP contribution in [0.2, 0.25) is 0 Å². The third-order valence-electron chi connectivity index (χ3n) is 3.21. The van der Waals surface area contributed by atoms with Gasteiger partial charge in [0.05, 0.1) is 23.4 Å². The number of carbonyl (C=O) groups excluding carboxylic acids is 1. The van der Waals surface area contributed by atoms with Gasteiger partial charge >= 0.3 is 0 Å². The Morgan fingerprint density at radius 2 is 2.14 bits per heavy atom. The van der Waals surface area contributed by atoms with Gasteiger partial charge in [0.2, 0.25) is 10.0 Å². The number of amides is 1. The molecule has 116 valence electrons. The summed E-state index contributed by atoms with van der Waals surface area (Å²) < 4.78 is 37.5. The summed E-state index contributed by atoms with van der Waals surface area (Å²) in [7, 11) is -3.70. The molecule has 1 aromatic carbocycles. The van der Waals surface area contributed by atoms with Crippen molar-refractivity contribution in [2.24, 2.45) is 0 Å². The standard InChI is InChI=1S/C14H14N2O5S/c1-9-14(17)16-12-5-4-11(7-13(12)21-9)22(18,19)15-8-10-3-2-6-20-10/h2-7,9,15H,8H2,1H3,(H,16,17)/t9-/m1/s1. The zero-order valence-corrected chi connectivity index (χ0v) is 12.5. The molecule has 1 aliphatic rings. The minimum absolute atomic E-state index is 0.0560. The maximum absolute atomic E-state index is 12.3. The number of benzene rings is 1. The smallest absolute Gasteiger partial charge is 0.265 e. The highest BCUT2D eigenvalue weighted by Gasteiger charge is 2.25. The third kappa shape index (κ3) is 2.83. The SMILES string of the molecule is C[C@H]1Oc2cc(S(=O)(=O)NCc3ccco3)ccc2NC1=O. The van der Waals surface area contributed by atoms with Crippen LogP contribution >= 0.6 is 0 Å². The van der Waals surface area contributed by atoms with E-state index in [-0.39, 0.29) is 17.3 Å². The Morgan fingerprint density at radius 3 is 2.86 bits per heavy atom. The van der Waals surface area contributed by atoms with E-state index in [0.29, 0.717) is 17.2 Å². The van der Waals surface area contributed by atoms with E-state index in [1.165, 1.54) is 24.5 Å². The maximum Gasteiger partial charge on any atom is 0.265 e. The molecular weight excluding hydrogens is 308 g/mol. The van der Waals surface area contributed by atoms with Gasteiger partial charge in [0, 0.05) is 6.07 Å². The molecule has 7 nitrogen and oxygen atoms in total. The second-order valence-electron chi connectivity index (χ2n) is 4.81. The van der Waals surface area contributed by atoms with Crippen LogP contribution in [0.25, 0.3) is 0 Å². The van der Waals surface area contributed by atoms with E-state index >= 15 is 0 Å². The molecular formula is C14H14N2O5S. The molecule has 2 heterocycles. The van der Waals surface area contributed by atoms with Crippen molar-refractivity contribution < 1.29 is 22.4 Å². The van der Waals surface area contributed by atoms with Gasteiger partial charge in [-0.25, -0.2) is 13.1 Å². The molecule has 1 amide bonds. The lowest BCUT2D eigenvalue weighted by atomic mass is 10.2. The predicted octanol–water partition coefficient (Wildman–Crippen LogP) is 1.48. The number of hydrogen-bond acceptors (Lipinski definition) is 5. The molecule has 1 aliphatic heterocycles. The van der Waals surface area contributed by atoms with Crippen LogP contribution in [-0.4, -0.2) is 20.4 Å². The first-order chi connectivity index (χ1) is 10.5. The zero-order chi connectivity index (χ0) is 15.7. The number of ether oxygens (including phenoxy) is 1. The van der Waals surface area contributed by atoms with Crippen LogP contribution in [0.4, 0.5) is 5.69 Å². The van der Waals surface area contributed by atoms with Crippen molar-refractivity contribution in [2.75, 3.05) is 5.32 Å². The van der Waals surface area contributed by atoms with Crippen molar-refractivity contribution in [3.05, 3.63) is 42.4 Å². The van der Waals surface area contributed by atoms with Crippen LogP contribution in [0.3, 0.4) is 0 Å². The Bertz CT molecular complexity index is 799. The Hall–Kier alpha value is -2.32. The largest absolute Gasteiger partial charge is 0.479 e. The number of anilines is 1. The van der Waals surface area contributed by atoms with Crippen molar-refractivity contribution in [3.8, 4) is 5.75 Å². The first kappa shape index (κ1) is 14.6. The van der Waals surface area contributed by atoms with Gasteiger partial charge in [-0.15, -0.1) is 0 Å². The van der Waals surface area contributed by atoms with E-state index in [1.54, 1.807) is 19.1 Å². The molecule has 0 saturated carbocycles. The van der Waals surface area contributed by atoms with Crippen molar-refractivity contribution in [2.45, 2.75) is 24.5 Å². The number of fused-ring (bicyclic) bond motifs is 1. The number of carbonyl (C=O) groups is 1. The lowest BCUT2D eigenvalue weighted by molar-refractivity contribution is -0.122. The van der Waals surface area contributed by atoms with Crippen LogP contribution in [0.5, 0.6) is 5.75 Å². The molecule has 22 heavy (non-hydrogen) atoms. The Kier molecular flexibility index (Phi) is 3.63. The molecule has 3 rings (SSSR count). The molecule has 0 fully saturated rings. The molecule has 1 aromatic heterocycles. The zero-order valence-electron chi connectivity index (χ0n) is 11.7. The molecule has 0 spiro atoms. The number of rotatable bonds is 4. The van der Waals surface area contributed by atoms with Crippen LogP contribution in [-0.2, 0) is 21.4 Å². The van der Waals surface area contributed by atoms with E-state index in [1.807, 2.05) is 0 Å². The summed E-state index contributed by atoms with van der Waals surface area (Å²) in [5.74, 6) is 0.575. The summed E-state index contributed by atoms with van der Waals surface area (Å²) in [6, 6.07) is 7.65. The minimum Gasteiger partial charge on any atom is -0.479 e. The Labute approximate surface area is 127 Å². The van der Waals surface area contributed by atoms with E-state index < -0.39 is 16.1 Å². The molecule has 0 radical (unpaired) electrons. The van der Waals surface area contributed by atoms with Gasteiger partial charge in [0.15, 0.2) is 6.10 Å². The lowest BCUT2D eigenvalue weighted by Crippen LogP contribution is -2.34. The van der Waals surface area contributed by atoms with Gasteiger partial charge < -0.3 is 14.5 Å². The van der Waals surface area contributed by atoms with Crippen LogP contribution in [0.15, 0.2) is 45.9 Å². The van der Waals surface area contributed by atoms with Crippen molar-refractivity contribution in [3.63, 3.8) is 0 Å². The van der Waals surface area contributed by atoms with Gasteiger partial charge in [-0.05, 0) is 31.2 Å². The quantitative estimate of drug-likeness (QED) is 0.888. The molecule has 0 aliphatic carbocycles. The predicted molar refractivity (Wildman–Crippen MR) is 77.9 cm³/mol. The van der Waals surface area contributed by atoms with Crippen LogP contribution in [0.1, 0.15) is 12.7 Å². The Morgan fingerprint density at radius 1 is 1.32 bits per heavy atom. The van der Waals surface area contributed by atoms with Gasteiger partial charge in [-0.3, -0.25) is 4.79 Å². The van der Waals surface area contributed by atoms with Crippen LogP contribution in [0, 0.1) is 0 Å². The van der Waals surface area contributed by atoms with E-state index in [4.69, 9.17) is 9.15 Å². The maximum atomic E-state index is 12.3. The lowest BCUT2D eigenvalue weighted by Gasteiger charge is -2.23. The second kappa shape index (κ2) is 5.47. The third-order valence-corrected chi connectivity index (χ3v) is 4.61. The van der Waals surface area contributed by atoms with Gasteiger partial charge in [0.25, 0.3) is 5.91 Å². The molecule has 8 heteroatoms. The monoisotopic (exact) mass is 322 g/mol. The summed E-state index contributed by atoms with van der Waals surface area (Å²) in [5.41, 5.74) is 0.452. The number of sulfonamides is 1. The summed E-state index contributed by atoms with van der Waals surface area (Å²) in [6.45, 7) is 1.65. The molecule has 2 N–H and O–H groups in total. The molecule has 0 bridgehead atoms. The number of nitrogens with one attached hydrogen (secondary N) is 2. The molecule has 1 atom stereocenters. The first-order valence-corrected chi connectivity index (χ1v) is 8.08. The number of hydrogen-bond donors (Lipinski definition) is 2. The molecule has 0 unspecified atom stereocenters. The highest BCUT2D eigenvalue weighted by molar-refractivity contribution is 7.89. The average molecular weight is 322 g/mol. The van der Waals surface area contributed by atoms with E-state index in [0.717, 1.165) is 0 Å². The van der Waals surface area contributed by atoms with E-state index in [2.05, 4.69) is 10.0 Å². The highest BCUT2D eigenvalue weighted by atomic mass is 32.2. The van der Waals surface area contributed by atoms with Gasteiger partial charge in [-0.2, -0.15) is 0 Å². The highest BCUT2D eigenvalue weighted by Crippen LogP contribution is 2.31. The summed E-state index contributed by atoms with van der Waals surface area (Å²) in [6.07, 6.45) is 0.807. The van der Waals surface area contributed by atoms with Crippen molar-refractivity contribution in [1.29, 1.82) is 0 Å². The summed E-state index contributed by atoms with van der Waals surface area (Å²) in [5, 5.41) is 2.65. The normalized spacial score (nSPS) is 17.5. The van der Waals surface area contributed by atoms with Gasteiger partial charge in [-0.1, -0.05) is 0 Å². The number of furan rings is 1. The molecule has 0 saturated heterocycles. The minimum atomic E-state index is -3.70. The summed E-state index contributed by atoms with van der Waals surface area (Å²) in [4.78, 5) is 11.6. The fraction of sp³-hybridized carbons (Fsp3) is 0.214. The van der Waals surface area contributed by atoms with Gasteiger partial charge in [0.1, 0.15) is 11.5 Å². The van der Waals surface area contributed by atoms with E-state index in [9.17, 15) is 13.2 Å². The fourth-order valence-corrected chi connectivity index (χ4v) is 3.02. The topological polar surface area (TPSA) is 97.6 Å². The summed E-state index contributed by atoms with van der Waals surface area (Å²) >= 11 is 0. The van der Waals surface area contributed by atoms with Crippen LogP contribution < -0.4 is 14.8 Å². The fourth-order valence-electron chi connectivity index (χ4n) is 2.01. The second-order valence-corrected chi connectivity index (χ2v) is 6.58. The molecule has 2 aromatic rings. The van der Waals surface area contributed by atoms with Crippen molar-refractivity contribution >= 4 is 21.6 Å². The average Bonchev–Trinajstić information content (AvgIpc) is 2.99. The Balaban J connectivity index is 1.82.